The summed E-state index contributed by atoms with van der Waals surface area (Å²) in [6.45, 7) is 7.07. The highest BCUT2D eigenvalue weighted by Crippen LogP contribution is 2.19. The third-order valence-corrected chi connectivity index (χ3v) is 3.01. The molecule has 0 saturated heterocycles. The minimum absolute atomic E-state index is 0.142. The summed E-state index contributed by atoms with van der Waals surface area (Å²) in [7, 11) is -1.27. The van der Waals surface area contributed by atoms with Gasteiger partial charge in [-0.25, -0.2) is 4.39 Å². The van der Waals surface area contributed by atoms with Crippen LogP contribution >= 0.6 is 0 Å². The predicted molar refractivity (Wildman–Crippen MR) is 66.7 cm³/mol. The molecule has 1 rings (SSSR count). The van der Waals surface area contributed by atoms with Crippen molar-refractivity contribution in [2.24, 2.45) is 5.41 Å². The van der Waals surface area contributed by atoms with Crippen LogP contribution < -0.4 is 5.32 Å². The number of hydrogen-bond donors (Lipinski definition) is 1. The minimum atomic E-state index is -1.27. The summed E-state index contributed by atoms with van der Waals surface area (Å²) in [4.78, 5) is 0.251. The Bertz CT molecular complexity index is 398. The molecule has 0 amide bonds. The molecule has 90 valence electrons. The molecule has 4 heteroatoms. The van der Waals surface area contributed by atoms with Crippen molar-refractivity contribution in [1.29, 1.82) is 0 Å². The number of halogens is 1. The van der Waals surface area contributed by atoms with Gasteiger partial charge in [-0.05, 0) is 23.6 Å². The van der Waals surface area contributed by atoms with Crippen LogP contribution in [0.25, 0.3) is 0 Å². The van der Waals surface area contributed by atoms with Crippen molar-refractivity contribution in [3.63, 3.8) is 0 Å². The fourth-order valence-electron chi connectivity index (χ4n) is 1.21. The van der Waals surface area contributed by atoms with Crippen LogP contribution in [0.15, 0.2) is 23.1 Å². The molecule has 0 saturated carbocycles. The van der Waals surface area contributed by atoms with Crippen molar-refractivity contribution in [3.8, 4) is 0 Å². The number of anilines is 1. The average Bonchev–Trinajstić information content (AvgIpc) is 2.13. The van der Waals surface area contributed by atoms with Gasteiger partial charge in [0.2, 0.25) is 0 Å². The molecule has 16 heavy (non-hydrogen) atoms. The van der Waals surface area contributed by atoms with Gasteiger partial charge in [-0.2, -0.15) is 0 Å². The third-order valence-electron chi connectivity index (χ3n) is 2.06. The normalized spacial score (nSPS) is 13.6. The maximum atomic E-state index is 13.5. The quantitative estimate of drug-likeness (QED) is 0.884. The Labute approximate surface area is 98.7 Å². The minimum Gasteiger partial charge on any atom is -0.384 e. The van der Waals surface area contributed by atoms with E-state index in [2.05, 4.69) is 26.1 Å². The second-order valence-electron chi connectivity index (χ2n) is 5.01. The summed E-state index contributed by atoms with van der Waals surface area (Å²) in [5.74, 6) is -0.417. The maximum Gasteiger partial charge on any atom is 0.141 e. The van der Waals surface area contributed by atoms with E-state index in [1.165, 1.54) is 12.3 Å². The Kier molecular flexibility index (Phi) is 4.08. The van der Waals surface area contributed by atoms with Crippen LogP contribution in [0.4, 0.5) is 10.1 Å². The Morgan fingerprint density at radius 3 is 2.44 bits per heavy atom. The van der Waals surface area contributed by atoms with Gasteiger partial charge in [0.25, 0.3) is 0 Å². The van der Waals surface area contributed by atoms with Gasteiger partial charge in [0.1, 0.15) is 5.82 Å². The van der Waals surface area contributed by atoms with E-state index in [0.717, 1.165) is 12.2 Å². The summed E-state index contributed by atoms with van der Waals surface area (Å²) < 4.78 is 24.6. The SMILES string of the molecule is CS(=O)c1ccc(NCC(C)(C)C)cc1F. The van der Waals surface area contributed by atoms with Gasteiger partial charge < -0.3 is 5.32 Å². The van der Waals surface area contributed by atoms with Crippen LogP contribution in [0.3, 0.4) is 0 Å². The van der Waals surface area contributed by atoms with Crippen molar-refractivity contribution in [2.75, 3.05) is 18.1 Å². The van der Waals surface area contributed by atoms with Gasteiger partial charge >= 0.3 is 0 Å². The van der Waals surface area contributed by atoms with Gasteiger partial charge in [-0.3, -0.25) is 4.21 Å². The Morgan fingerprint density at radius 1 is 1.38 bits per heavy atom. The Hall–Kier alpha value is -0.900. The number of benzene rings is 1. The number of hydrogen-bond acceptors (Lipinski definition) is 2. The Balaban J connectivity index is 2.78. The molecule has 2 nitrogen and oxygen atoms in total. The third kappa shape index (κ3) is 3.93. The number of nitrogens with one attached hydrogen (secondary N) is 1. The first-order valence-corrected chi connectivity index (χ1v) is 6.72. The van der Waals surface area contributed by atoms with Crippen LogP contribution in [0.2, 0.25) is 0 Å². The van der Waals surface area contributed by atoms with E-state index in [4.69, 9.17) is 0 Å². The highest BCUT2D eigenvalue weighted by Gasteiger charge is 2.11. The molecule has 1 aromatic rings. The first kappa shape index (κ1) is 13.2. The molecule has 0 aliphatic carbocycles. The van der Waals surface area contributed by atoms with Gasteiger partial charge in [0, 0.05) is 18.5 Å². The standard InChI is InChI=1S/C12H18FNOS/c1-12(2,3)8-14-9-5-6-11(16(4)15)10(13)7-9/h5-7,14H,8H2,1-4H3. The van der Waals surface area contributed by atoms with Crippen LogP contribution in [0, 0.1) is 11.2 Å². The lowest BCUT2D eigenvalue weighted by Crippen LogP contribution is -2.19. The zero-order chi connectivity index (χ0) is 12.3. The molecular formula is C12H18FNOS. The zero-order valence-electron chi connectivity index (χ0n) is 10.1. The summed E-state index contributed by atoms with van der Waals surface area (Å²) in [5, 5.41) is 3.15. The van der Waals surface area contributed by atoms with E-state index in [-0.39, 0.29) is 10.3 Å². The van der Waals surface area contributed by atoms with Crippen molar-refractivity contribution in [3.05, 3.63) is 24.0 Å². The Morgan fingerprint density at radius 2 is 2.00 bits per heavy atom. The summed E-state index contributed by atoms with van der Waals surface area (Å²) in [6.07, 6.45) is 1.47. The summed E-state index contributed by atoms with van der Waals surface area (Å²) >= 11 is 0. The van der Waals surface area contributed by atoms with E-state index >= 15 is 0 Å². The lowest BCUT2D eigenvalue weighted by molar-refractivity contribution is 0.443. The number of rotatable bonds is 3. The summed E-state index contributed by atoms with van der Waals surface area (Å²) in [6, 6.07) is 4.71. The van der Waals surface area contributed by atoms with Crippen LogP contribution in [0.5, 0.6) is 0 Å². The smallest absolute Gasteiger partial charge is 0.141 e. The van der Waals surface area contributed by atoms with Crippen LogP contribution in [0.1, 0.15) is 20.8 Å². The second kappa shape index (κ2) is 4.95. The molecule has 1 aromatic carbocycles. The molecule has 0 bridgehead atoms. The van der Waals surface area contributed by atoms with Gasteiger partial charge in [0.05, 0.1) is 15.7 Å². The lowest BCUT2D eigenvalue weighted by atomic mass is 9.97. The molecule has 0 spiro atoms. The molecular weight excluding hydrogens is 225 g/mol. The fraction of sp³-hybridized carbons (Fsp3) is 0.500. The fourth-order valence-corrected chi connectivity index (χ4v) is 1.80. The van der Waals surface area contributed by atoms with Crippen molar-refractivity contribution in [2.45, 2.75) is 25.7 Å². The van der Waals surface area contributed by atoms with Gasteiger partial charge in [0.15, 0.2) is 0 Å². The zero-order valence-corrected chi connectivity index (χ0v) is 11.0. The molecule has 0 radical (unpaired) electrons. The molecule has 1 atom stereocenters. The van der Waals surface area contributed by atoms with Crippen molar-refractivity contribution >= 4 is 16.5 Å². The van der Waals surface area contributed by atoms with E-state index in [9.17, 15) is 8.60 Å². The van der Waals surface area contributed by atoms with E-state index in [1.807, 2.05) is 0 Å². The van der Waals surface area contributed by atoms with Gasteiger partial charge in [-0.1, -0.05) is 20.8 Å². The second-order valence-corrected chi connectivity index (χ2v) is 6.36. The first-order chi connectivity index (χ1) is 7.29. The molecule has 0 heterocycles. The lowest BCUT2D eigenvalue weighted by Gasteiger charge is -2.19. The largest absolute Gasteiger partial charge is 0.384 e. The van der Waals surface area contributed by atoms with E-state index in [0.29, 0.717) is 0 Å². The van der Waals surface area contributed by atoms with Crippen molar-refractivity contribution < 1.29 is 8.60 Å². The molecule has 0 aliphatic heterocycles. The predicted octanol–water partition coefficient (Wildman–Crippen LogP) is 3.02. The molecule has 0 aliphatic rings. The topological polar surface area (TPSA) is 29.1 Å². The van der Waals surface area contributed by atoms with Crippen LogP contribution in [-0.4, -0.2) is 17.0 Å². The highest BCUT2D eigenvalue weighted by atomic mass is 32.2. The molecule has 1 N–H and O–H groups in total. The average molecular weight is 243 g/mol. The van der Waals surface area contributed by atoms with E-state index in [1.54, 1.807) is 12.1 Å². The van der Waals surface area contributed by atoms with Crippen molar-refractivity contribution in [1.82, 2.24) is 0 Å². The highest BCUT2D eigenvalue weighted by molar-refractivity contribution is 7.84. The molecule has 1 unspecified atom stereocenters. The molecule has 0 fully saturated rings. The maximum absolute atomic E-state index is 13.5. The van der Waals surface area contributed by atoms with E-state index < -0.39 is 16.6 Å². The summed E-state index contributed by atoms with van der Waals surface area (Å²) in [5.41, 5.74) is 0.865. The van der Waals surface area contributed by atoms with Crippen LogP contribution in [-0.2, 0) is 10.8 Å². The molecule has 0 aromatic heterocycles. The first-order valence-electron chi connectivity index (χ1n) is 5.16. The van der Waals surface area contributed by atoms with Gasteiger partial charge in [-0.15, -0.1) is 0 Å². The monoisotopic (exact) mass is 243 g/mol.